The maximum absolute atomic E-state index is 10.4. The Hall–Kier alpha value is -1.01. The van der Waals surface area contributed by atoms with Crippen molar-refractivity contribution in [3.63, 3.8) is 0 Å². The third-order valence-corrected chi connectivity index (χ3v) is 3.28. The molecule has 0 saturated heterocycles. The second-order valence-electron chi connectivity index (χ2n) is 3.76. The zero-order chi connectivity index (χ0) is 12.7. The lowest BCUT2D eigenvalue weighted by Crippen LogP contribution is -2.25. The van der Waals surface area contributed by atoms with Crippen molar-refractivity contribution in [2.24, 2.45) is 0 Å². The molecule has 1 N–H and O–H groups in total. The van der Waals surface area contributed by atoms with Crippen LogP contribution in [0, 0.1) is 10.1 Å². The summed E-state index contributed by atoms with van der Waals surface area (Å²) < 4.78 is 5.05. The molecule has 0 amide bonds. The number of nitro groups is 1. The fourth-order valence-corrected chi connectivity index (χ4v) is 2.15. The summed E-state index contributed by atoms with van der Waals surface area (Å²) in [6.07, 6.45) is 1.08. The molecule has 0 bridgehead atoms. The molecule has 0 aromatic carbocycles. The van der Waals surface area contributed by atoms with E-state index >= 15 is 0 Å². The number of nitrogens with one attached hydrogen (secondary N) is 1. The van der Waals surface area contributed by atoms with E-state index in [-0.39, 0.29) is 5.88 Å². The van der Waals surface area contributed by atoms with Gasteiger partial charge in [-0.05, 0) is 30.9 Å². The van der Waals surface area contributed by atoms with Gasteiger partial charge in [0.1, 0.15) is 10.7 Å². The molecular weight excluding hydrogens is 240 g/mol. The molecule has 0 aliphatic heterocycles. The molecule has 1 aromatic heterocycles. The predicted octanol–water partition coefficient (Wildman–Crippen LogP) is 2.81. The zero-order valence-electron chi connectivity index (χ0n) is 10.1. The molecule has 5 nitrogen and oxygen atoms in total. The van der Waals surface area contributed by atoms with Crippen LogP contribution in [0.2, 0.25) is 0 Å². The van der Waals surface area contributed by atoms with E-state index in [2.05, 4.69) is 19.2 Å². The van der Waals surface area contributed by atoms with Crippen LogP contribution in [0.1, 0.15) is 26.0 Å². The monoisotopic (exact) mass is 258 g/mol. The standard InChI is InChI=1S/C11H18N2O3S/c1-3-17-7-6-9(2)12-8-10-4-5-11(16-10)13(14)15/h4-5,9,12H,3,6-8H2,1-2H3. The topological polar surface area (TPSA) is 68.3 Å². The largest absolute Gasteiger partial charge is 0.433 e. The first-order valence-corrected chi connectivity index (χ1v) is 6.83. The van der Waals surface area contributed by atoms with Crippen molar-refractivity contribution >= 4 is 17.6 Å². The van der Waals surface area contributed by atoms with Crippen LogP contribution in [0.15, 0.2) is 16.5 Å². The Balaban J connectivity index is 2.26. The number of hydrogen-bond donors (Lipinski definition) is 1. The van der Waals surface area contributed by atoms with Gasteiger partial charge in [0.2, 0.25) is 0 Å². The first-order chi connectivity index (χ1) is 8.13. The first kappa shape index (κ1) is 14.1. The van der Waals surface area contributed by atoms with Crippen LogP contribution >= 0.6 is 11.8 Å². The molecule has 0 aliphatic carbocycles. The minimum Gasteiger partial charge on any atom is -0.404 e. The number of rotatable bonds is 8. The molecule has 6 heteroatoms. The molecule has 0 saturated carbocycles. The number of nitrogens with zero attached hydrogens (tertiary/aromatic N) is 1. The van der Waals surface area contributed by atoms with Gasteiger partial charge in [0, 0.05) is 6.04 Å². The van der Waals surface area contributed by atoms with Crippen LogP contribution in [-0.2, 0) is 6.54 Å². The smallest absolute Gasteiger partial charge is 0.404 e. The normalized spacial score (nSPS) is 12.6. The van der Waals surface area contributed by atoms with Gasteiger partial charge in [-0.25, -0.2) is 0 Å². The van der Waals surface area contributed by atoms with Gasteiger partial charge in [-0.2, -0.15) is 11.8 Å². The number of furan rings is 1. The van der Waals surface area contributed by atoms with E-state index in [1.807, 2.05) is 11.8 Å². The van der Waals surface area contributed by atoms with Crippen molar-refractivity contribution in [2.45, 2.75) is 32.9 Å². The van der Waals surface area contributed by atoms with Gasteiger partial charge in [0.15, 0.2) is 0 Å². The fraction of sp³-hybridized carbons (Fsp3) is 0.636. The molecule has 1 heterocycles. The molecule has 1 unspecified atom stereocenters. The average molecular weight is 258 g/mol. The highest BCUT2D eigenvalue weighted by atomic mass is 32.2. The van der Waals surface area contributed by atoms with Crippen LogP contribution in [0.5, 0.6) is 0 Å². The summed E-state index contributed by atoms with van der Waals surface area (Å²) in [5.41, 5.74) is 0. The van der Waals surface area contributed by atoms with E-state index < -0.39 is 4.92 Å². The molecule has 1 aromatic rings. The zero-order valence-corrected chi connectivity index (χ0v) is 11.0. The summed E-state index contributed by atoms with van der Waals surface area (Å²) in [5.74, 6) is 2.67. The van der Waals surface area contributed by atoms with Crippen molar-refractivity contribution in [1.82, 2.24) is 5.32 Å². The maximum atomic E-state index is 10.4. The highest BCUT2D eigenvalue weighted by molar-refractivity contribution is 7.99. The van der Waals surface area contributed by atoms with Crippen LogP contribution < -0.4 is 5.32 Å². The van der Waals surface area contributed by atoms with Crippen LogP contribution in [0.3, 0.4) is 0 Å². The molecule has 0 radical (unpaired) electrons. The lowest BCUT2D eigenvalue weighted by molar-refractivity contribution is -0.402. The summed E-state index contributed by atoms with van der Waals surface area (Å²) in [7, 11) is 0. The van der Waals surface area contributed by atoms with Crippen LogP contribution in [-0.4, -0.2) is 22.5 Å². The maximum Gasteiger partial charge on any atom is 0.433 e. The van der Waals surface area contributed by atoms with E-state index in [0.717, 1.165) is 17.9 Å². The molecule has 0 fully saturated rings. The summed E-state index contributed by atoms with van der Waals surface area (Å²) in [4.78, 5) is 9.89. The molecule has 96 valence electrons. The molecule has 1 atom stereocenters. The Kier molecular flexibility index (Phi) is 6.07. The van der Waals surface area contributed by atoms with E-state index in [9.17, 15) is 10.1 Å². The summed E-state index contributed by atoms with van der Waals surface area (Å²) in [5, 5.41) is 13.7. The van der Waals surface area contributed by atoms with Crippen molar-refractivity contribution in [2.75, 3.05) is 11.5 Å². The molecule has 1 rings (SSSR count). The molecule has 17 heavy (non-hydrogen) atoms. The van der Waals surface area contributed by atoms with Crippen LogP contribution in [0.4, 0.5) is 5.88 Å². The van der Waals surface area contributed by atoms with Gasteiger partial charge in [0.05, 0.1) is 12.6 Å². The second kappa shape index (κ2) is 7.34. The molecular formula is C11H18N2O3S. The highest BCUT2D eigenvalue weighted by Crippen LogP contribution is 2.15. The van der Waals surface area contributed by atoms with Crippen molar-refractivity contribution in [1.29, 1.82) is 0 Å². The second-order valence-corrected chi connectivity index (χ2v) is 5.16. The average Bonchev–Trinajstić information content (AvgIpc) is 2.75. The first-order valence-electron chi connectivity index (χ1n) is 5.67. The lowest BCUT2D eigenvalue weighted by atomic mass is 10.2. The fourth-order valence-electron chi connectivity index (χ4n) is 1.34. The SMILES string of the molecule is CCSCCC(C)NCc1ccc([N+](=O)[O-])o1. The van der Waals surface area contributed by atoms with Gasteiger partial charge in [0.25, 0.3) is 0 Å². The van der Waals surface area contributed by atoms with E-state index in [1.54, 1.807) is 6.07 Å². The summed E-state index contributed by atoms with van der Waals surface area (Å²) >= 11 is 1.91. The van der Waals surface area contributed by atoms with Crippen molar-refractivity contribution in [3.8, 4) is 0 Å². The van der Waals surface area contributed by atoms with Gasteiger partial charge in [-0.3, -0.25) is 10.1 Å². The minimum absolute atomic E-state index is 0.198. The molecule has 0 aliphatic rings. The highest BCUT2D eigenvalue weighted by Gasteiger charge is 2.12. The summed E-state index contributed by atoms with van der Waals surface area (Å²) in [6.45, 7) is 4.78. The Morgan fingerprint density at radius 2 is 2.35 bits per heavy atom. The number of thioether (sulfide) groups is 1. The predicted molar refractivity (Wildman–Crippen MR) is 69.3 cm³/mol. The van der Waals surface area contributed by atoms with Gasteiger partial charge < -0.3 is 9.73 Å². The third kappa shape index (κ3) is 5.23. The van der Waals surface area contributed by atoms with Crippen molar-refractivity contribution in [3.05, 3.63) is 28.0 Å². The van der Waals surface area contributed by atoms with Crippen LogP contribution in [0.25, 0.3) is 0 Å². The van der Waals surface area contributed by atoms with E-state index in [1.165, 1.54) is 6.07 Å². The molecule has 0 spiro atoms. The third-order valence-electron chi connectivity index (χ3n) is 2.35. The van der Waals surface area contributed by atoms with Gasteiger partial charge in [-0.1, -0.05) is 6.92 Å². The Bertz CT molecular complexity index is 354. The van der Waals surface area contributed by atoms with Gasteiger partial charge >= 0.3 is 5.88 Å². The Morgan fingerprint density at radius 1 is 1.59 bits per heavy atom. The van der Waals surface area contributed by atoms with E-state index in [0.29, 0.717) is 18.3 Å². The van der Waals surface area contributed by atoms with E-state index in [4.69, 9.17) is 4.42 Å². The lowest BCUT2D eigenvalue weighted by Gasteiger charge is -2.11. The minimum atomic E-state index is -0.523. The Labute approximate surface area is 105 Å². The number of hydrogen-bond acceptors (Lipinski definition) is 5. The van der Waals surface area contributed by atoms with Crippen molar-refractivity contribution < 1.29 is 9.34 Å². The summed E-state index contributed by atoms with van der Waals surface area (Å²) in [6, 6.07) is 3.41. The Morgan fingerprint density at radius 3 is 2.94 bits per heavy atom. The van der Waals surface area contributed by atoms with Gasteiger partial charge in [-0.15, -0.1) is 0 Å². The quantitative estimate of drug-likeness (QED) is 0.441.